The number of nitrogens with two attached hydrogens (primary N) is 1. The number of nitrogen functional groups attached to an aromatic ring is 1. The van der Waals surface area contributed by atoms with E-state index in [1.807, 2.05) is 6.07 Å². The minimum absolute atomic E-state index is 0.402. The van der Waals surface area contributed by atoms with Gasteiger partial charge in [0.05, 0.1) is 18.9 Å². The second kappa shape index (κ2) is 5.59. The smallest absolute Gasteiger partial charge is 0.340 e. The summed E-state index contributed by atoms with van der Waals surface area (Å²) in [6.07, 6.45) is 3.08. The Labute approximate surface area is 108 Å². The molecule has 18 heavy (non-hydrogen) atoms. The molecule has 0 aliphatic carbocycles. The van der Waals surface area contributed by atoms with Gasteiger partial charge >= 0.3 is 5.97 Å². The van der Waals surface area contributed by atoms with Crippen molar-refractivity contribution in [3.05, 3.63) is 41.8 Å². The Hall–Kier alpha value is -1.95. The molecule has 6 heteroatoms. The Bertz CT molecular complexity index is 540. The van der Waals surface area contributed by atoms with E-state index in [0.29, 0.717) is 22.2 Å². The minimum Gasteiger partial charge on any atom is -0.465 e. The molecule has 0 saturated carbocycles. The summed E-state index contributed by atoms with van der Waals surface area (Å²) in [7, 11) is 1.33. The molecule has 0 spiro atoms. The Morgan fingerprint density at radius 3 is 3.06 bits per heavy atom. The van der Waals surface area contributed by atoms with Gasteiger partial charge in [-0.2, -0.15) is 0 Å². The molecule has 2 rings (SSSR count). The van der Waals surface area contributed by atoms with Gasteiger partial charge in [-0.15, -0.1) is 0 Å². The molecule has 0 saturated heterocycles. The average Bonchev–Trinajstić information content (AvgIpc) is 2.88. The van der Waals surface area contributed by atoms with Crippen LogP contribution in [0.3, 0.4) is 0 Å². The van der Waals surface area contributed by atoms with Gasteiger partial charge in [-0.25, -0.2) is 9.78 Å². The van der Waals surface area contributed by atoms with Crippen LogP contribution in [-0.2, 0) is 10.5 Å². The molecule has 1 heterocycles. The average molecular weight is 264 g/mol. The van der Waals surface area contributed by atoms with Crippen molar-refractivity contribution < 1.29 is 13.9 Å². The van der Waals surface area contributed by atoms with Crippen LogP contribution in [0.15, 0.2) is 40.3 Å². The number of anilines is 1. The standard InChI is InChI=1S/C12H12N2O3S/c1-16-11(15)10-8(3-2-4-9(10)13)7-18-12-14-5-6-17-12/h2-6H,7,13H2,1H3. The highest BCUT2D eigenvalue weighted by Crippen LogP contribution is 2.26. The van der Waals surface area contributed by atoms with Crippen molar-refractivity contribution in [1.29, 1.82) is 0 Å². The Balaban J connectivity index is 2.21. The fraction of sp³-hybridized carbons (Fsp3) is 0.167. The lowest BCUT2D eigenvalue weighted by atomic mass is 10.1. The van der Waals surface area contributed by atoms with Gasteiger partial charge in [0.25, 0.3) is 5.22 Å². The third-order valence-electron chi connectivity index (χ3n) is 2.33. The number of oxazole rings is 1. The molecule has 2 N–H and O–H groups in total. The van der Waals surface area contributed by atoms with Crippen LogP contribution >= 0.6 is 11.8 Å². The van der Waals surface area contributed by atoms with Gasteiger partial charge in [-0.05, 0) is 11.6 Å². The van der Waals surface area contributed by atoms with Crippen molar-refractivity contribution in [2.75, 3.05) is 12.8 Å². The molecule has 2 aromatic rings. The first kappa shape index (κ1) is 12.5. The largest absolute Gasteiger partial charge is 0.465 e. The van der Waals surface area contributed by atoms with Gasteiger partial charge in [0, 0.05) is 11.4 Å². The predicted molar refractivity (Wildman–Crippen MR) is 68.3 cm³/mol. The van der Waals surface area contributed by atoms with E-state index in [1.54, 1.807) is 18.3 Å². The fourth-order valence-electron chi connectivity index (χ4n) is 1.51. The first-order valence-corrected chi connectivity index (χ1v) is 6.19. The van der Waals surface area contributed by atoms with Crippen LogP contribution in [-0.4, -0.2) is 18.1 Å². The number of thioether (sulfide) groups is 1. The van der Waals surface area contributed by atoms with Crippen molar-refractivity contribution in [3.63, 3.8) is 0 Å². The third kappa shape index (κ3) is 2.65. The van der Waals surface area contributed by atoms with Crippen LogP contribution in [0.4, 0.5) is 5.69 Å². The molecule has 0 atom stereocenters. The summed E-state index contributed by atoms with van der Waals surface area (Å²) in [6, 6.07) is 5.30. The van der Waals surface area contributed by atoms with Crippen molar-refractivity contribution in [1.82, 2.24) is 4.98 Å². The summed E-state index contributed by atoms with van der Waals surface area (Å²) in [5.41, 5.74) is 7.41. The Morgan fingerprint density at radius 1 is 1.56 bits per heavy atom. The molecule has 0 radical (unpaired) electrons. The molecule has 5 nitrogen and oxygen atoms in total. The molecule has 0 aliphatic rings. The maximum Gasteiger partial charge on any atom is 0.340 e. The molecular weight excluding hydrogens is 252 g/mol. The molecule has 1 aromatic heterocycles. The monoisotopic (exact) mass is 264 g/mol. The predicted octanol–water partition coefficient (Wildman–Crippen LogP) is 2.34. The number of benzene rings is 1. The van der Waals surface area contributed by atoms with Gasteiger partial charge in [0.2, 0.25) is 0 Å². The topological polar surface area (TPSA) is 78.4 Å². The minimum atomic E-state index is -0.434. The number of nitrogens with zero attached hydrogens (tertiary/aromatic N) is 1. The lowest BCUT2D eigenvalue weighted by Crippen LogP contribution is -2.09. The van der Waals surface area contributed by atoms with Crippen LogP contribution in [0.25, 0.3) is 0 Å². The van der Waals surface area contributed by atoms with Crippen molar-refractivity contribution in [2.24, 2.45) is 0 Å². The summed E-state index contributed by atoms with van der Waals surface area (Å²) in [4.78, 5) is 15.7. The summed E-state index contributed by atoms with van der Waals surface area (Å²) in [5, 5.41) is 0.549. The Morgan fingerprint density at radius 2 is 2.39 bits per heavy atom. The van der Waals surface area contributed by atoms with Crippen LogP contribution in [0.2, 0.25) is 0 Å². The number of methoxy groups -OCH3 is 1. The first-order valence-electron chi connectivity index (χ1n) is 5.20. The summed E-state index contributed by atoms with van der Waals surface area (Å²) in [6.45, 7) is 0. The van der Waals surface area contributed by atoms with Gasteiger partial charge in [0.1, 0.15) is 6.26 Å². The summed E-state index contributed by atoms with van der Waals surface area (Å²) in [5.74, 6) is 0.104. The zero-order valence-corrected chi connectivity index (χ0v) is 10.6. The molecule has 94 valence electrons. The van der Waals surface area contributed by atoms with Gasteiger partial charge in [-0.3, -0.25) is 0 Å². The number of esters is 1. The second-order valence-corrected chi connectivity index (χ2v) is 4.39. The van der Waals surface area contributed by atoms with E-state index in [2.05, 4.69) is 4.98 Å². The fourth-order valence-corrected chi connectivity index (χ4v) is 2.29. The van der Waals surface area contributed by atoms with Crippen molar-refractivity contribution in [2.45, 2.75) is 11.0 Å². The highest BCUT2D eigenvalue weighted by Gasteiger charge is 2.15. The third-order valence-corrected chi connectivity index (χ3v) is 3.24. The van der Waals surface area contributed by atoms with Crippen molar-refractivity contribution >= 4 is 23.4 Å². The van der Waals surface area contributed by atoms with E-state index in [0.717, 1.165) is 5.56 Å². The number of hydrogen-bond acceptors (Lipinski definition) is 6. The molecule has 0 unspecified atom stereocenters. The maximum atomic E-state index is 11.7. The van der Waals surface area contributed by atoms with E-state index < -0.39 is 5.97 Å². The maximum absolute atomic E-state index is 11.7. The number of carbonyl (C=O) groups excluding carboxylic acids is 1. The number of hydrogen-bond donors (Lipinski definition) is 1. The molecule has 0 amide bonds. The number of aromatic nitrogens is 1. The van der Waals surface area contributed by atoms with Crippen LogP contribution in [0.5, 0.6) is 0 Å². The van der Waals surface area contributed by atoms with Gasteiger partial charge in [0.15, 0.2) is 0 Å². The lowest BCUT2D eigenvalue weighted by molar-refractivity contribution is 0.0601. The summed E-state index contributed by atoms with van der Waals surface area (Å²) >= 11 is 1.39. The molecule has 0 bridgehead atoms. The molecule has 0 fully saturated rings. The second-order valence-electron chi connectivity index (χ2n) is 3.46. The van der Waals surface area contributed by atoms with E-state index in [4.69, 9.17) is 14.9 Å². The lowest BCUT2D eigenvalue weighted by Gasteiger charge is -2.09. The van der Waals surface area contributed by atoms with Crippen LogP contribution in [0.1, 0.15) is 15.9 Å². The van der Waals surface area contributed by atoms with E-state index >= 15 is 0 Å². The van der Waals surface area contributed by atoms with Crippen LogP contribution < -0.4 is 5.73 Å². The number of ether oxygens (including phenoxy) is 1. The van der Waals surface area contributed by atoms with Crippen molar-refractivity contribution in [3.8, 4) is 0 Å². The SMILES string of the molecule is COC(=O)c1c(N)cccc1CSc1ncco1. The first-order chi connectivity index (χ1) is 8.72. The highest BCUT2D eigenvalue weighted by atomic mass is 32.2. The molecular formula is C12H12N2O3S. The highest BCUT2D eigenvalue weighted by molar-refractivity contribution is 7.98. The van der Waals surface area contributed by atoms with E-state index in [1.165, 1.54) is 25.1 Å². The molecule has 1 aromatic carbocycles. The van der Waals surface area contributed by atoms with E-state index in [-0.39, 0.29) is 0 Å². The normalized spacial score (nSPS) is 10.3. The summed E-state index contributed by atoms with van der Waals surface area (Å²) < 4.78 is 9.84. The quantitative estimate of drug-likeness (QED) is 0.519. The number of rotatable bonds is 4. The zero-order chi connectivity index (χ0) is 13.0. The van der Waals surface area contributed by atoms with Crippen LogP contribution in [0, 0.1) is 0 Å². The zero-order valence-electron chi connectivity index (χ0n) is 9.75. The number of carbonyl (C=O) groups is 1. The van der Waals surface area contributed by atoms with Gasteiger partial charge in [-0.1, -0.05) is 23.9 Å². The Kier molecular flexibility index (Phi) is 3.88. The van der Waals surface area contributed by atoms with Gasteiger partial charge < -0.3 is 14.9 Å². The van der Waals surface area contributed by atoms with E-state index in [9.17, 15) is 4.79 Å². The molecule has 0 aliphatic heterocycles.